The van der Waals surface area contributed by atoms with Crippen molar-refractivity contribution in [3.63, 3.8) is 0 Å². The first-order valence-electron chi connectivity index (χ1n) is 11.0. The molecule has 31 heavy (non-hydrogen) atoms. The van der Waals surface area contributed by atoms with Crippen LogP contribution in [0.2, 0.25) is 0 Å². The number of fused-ring (bicyclic) bond motifs is 1. The molecule has 1 amide bonds. The smallest absolute Gasteiger partial charge is 0.254 e. The topological polar surface area (TPSA) is 87.5 Å². The molecule has 2 heterocycles. The van der Waals surface area contributed by atoms with Gasteiger partial charge in [0, 0.05) is 23.7 Å². The molecule has 1 unspecified atom stereocenters. The molecule has 1 aromatic rings. The molecule has 0 radical (unpaired) electrons. The van der Waals surface area contributed by atoms with Gasteiger partial charge in [0.05, 0.1) is 11.3 Å². The van der Waals surface area contributed by atoms with Crippen LogP contribution in [-0.2, 0) is 16.1 Å². The van der Waals surface area contributed by atoms with Gasteiger partial charge in [0.1, 0.15) is 0 Å². The molecule has 1 atom stereocenters. The number of allylic oxidation sites excluding steroid dienone is 4. The molecular formula is C25H32N4O2. The van der Waals surface area contributed by atoms with Gasteiger partial charge in [-0.3, -0.25) is 9.59 Å². The molecule has 0 spiro atoms. The quantitative estimate of drug-likeness (QED) is 0.637. The van der Waals surface area contributed by atoms with E-state index in [-0.39, 0.29) is 11.7 Å². The number of carbonyl (C=O) groups is 2. The third-order valence-electron chi connectivity index (χ3n) is 6.86. The van der Waals surface area contributed by atoms with Gasteiger partial charge in [0.25, 0.3) is 5.91 Å². The maximum Gasteiger partial charge on any atom is 0.254 e. The van der Waals surface area contributed by atoms with Gasteiger partial charge in [0.2, 0.25) is 0 Å². The van der Waals surface area contributed by atoms with E-state index in [4.69, 9.17) is 5.73 Å². The number of ketones is 1. The summed E-state index contributed by atoms with van der Waals surface area (Å²) in [5, 5.41) is 6.80. The van der Waals surface area contributed by atoms with E-state index >= 15 is 0 Å². The van der Waals surface area contributed by atoms with Gasteiger partial charge in [-0.2, -0.15) is 0 Å². The number of nitrogens with one attached hydrogen (secondary N) is 2. The number of rotatable bonds is 5. The van der Waals surface area contributed by atoms with Crippen molar-refractivity contribution < 1.29 is 9.59 Å². The molecule has 2 fully saturated rings. The van der Waals surface area contributed by atoms with Gasteiger partial charge < -0.3 is 21.3 Å². The molecule has 2 saturated heterocycles. The summed E-state index contributed by atoms with van der Waals surface area (Å²) in [4.78, 5) is 27.7. The van der Waals surface area contributed by atoms with Gasteiger partial charge >= 0.3 is 0 Å². The van der Waals surface area contributed by atoms with Crippen LogP contribution in [0.3, 0.4) is 0 Å². The Bertz CT molecular complexity index is 981. The molecule has 0 aromatic heterocycles. The lowest BCUT2D eigenvalue weighted by molar-refractivity contribution is -0.116. The number of carbonyl (C=O) groups excluding carboxylic acids is 2. The van der Waals surface area contributed by atoms with E-state index in [0.29, 0.717) is 24.6 Å². The van der Waals surface area contributed by atoms with E-state index in [0.717, 1.165) is 54.0 Å². The van der Waals surface area contributed by atoms with Gasteiger partial charge in [-0.1, -0.05) is 30.3 Å². The number of amides is 1. The Balaban J connectivity index is 1.80. The maximum atomic E-state index is 13.3. The van der Waals surface area contributed by atoms with E-state index in [1.54, 1.807) is 6.92 Å². The Hall–Kier alpha value is -2.70. The minimum absolute atomic E-state index is 0.0485. The molecular weight excluding hydrogens is 388 g/mol. The number of hydrogen-bond acceptors (Lipinski definition) is 5. The number of benzene rings is 1. The van der Waals surface area contributed by atoms with E-state index in [1.807, 2.05) is 36.4 Å². The third kappa shape index (κ3) is 4.10. The molecule has 4 N–H and O–H groups in total. The van der Waals surface area contributed by atoms with Crippen LogP contribution in [0.25, 0.3) is 5.70 Å². The average molecular weight is 421 g/mol. The monoisotopic (exact) mass is 420 g/mol. The summed E-state index contributed by atoms with van der Waals surface area (Å²) in [6.07, 6.45) is 6.28. The SMILES string of the molecule is CC(=O)C1=CC=C2NC(=O)/C(=C(\NC3CCN(C)CC3)c3ccc(CN)cc3)C2(C)C1. The zero-order valence-electron chi connectivity index (χ0n) is 18.6. The van der Waals surface area contributed by atoms with Crippen LogP contribution < -0.4 is 16.4 Å². The largest absolute Gasteiger partial charge is 0.381 e. The van der Waals surface area contributed by atoms with Crippen molar-refractivity contribution in [2.24, 2.45) is 11.1 Å². The molecule has 1 aromatic carbocycles. The Labute approximate surface area is 184 Å². The minimum Gasteiger partial charge on any atom is -0.381 e. The van der Waals surface area contributed by atoms with Crippen LogP contribution in [0.1, 0.15) is 44.2 Å². The third-order valence-corrected chi connectivity index (χ3v) is 6.86. The zero-order chi connectivity index (χ0) is 22.2. The highest BCUT2D eigenvalue weighted by Gasteiger charge is 2.48. The summed E-state index contributed by atoms with van der Waals surface area (Å²) in [6, 6.07) is 8.40. The predicted octanol–water partition coefficient (Wildman–Crippen LogP) is 2.48. The summed E-state index contributed by atoms with van der Waals surface area (Å²) >= 11 is 0. The number of Topliss-reactive ketones (excluding diaryl/α,β-unsaturated/α-hetero) is 1. The molecule has 0 bridgehead atoms. The molecule has 0 saturated carbocycles. The van der Waals surface area contributed by atoms with E-state index in [2.05, 4.69) is 29.5 Å². The maximum absolute atomic E-state index is 13.3. The summed E-state index contributed by atoms with van der Waals surface area (Å²) in [7, 11) is 2.14. The fourth-order valence-corrected chi connectivity index (χ4v) is 4.84. The summed E-state index contributed by atoms with van der Waals surface area (Å²) in [5.74, 6) is -0.0439. The van der Waals surface area contributed by atoms with Crippen LogP contribution in [0.4, 0.5) is 0 Å². The second-order valence-electron chi connectivity index (χ2n) is 9.16. The van der Waals surface area contributed by atoms with E-state index in [1.165, 1.54) is 0 Å². The van der Waals surface area contributed by atoms with Crippen molar-refractivity contribution in [1.29, 1.82) is 0 Å². The summed E-state index contributed by atoms with van der Waals surface area (Å²) in [5.41, 5.74) is 10.4. The number of nitrogens with zero attached hydrogens (tertiary/aromatic N) is 1. The first kappa shape index (κ1) is 21.5. The van der Waals surface area contributed by atoms with Crippen LogP contribution >= 0.6 is 0 Å². The lowest BCUT2D eigenvalue weighted by atomic mass is 9.72. The van der Waals surface area contributed by atoms with Crippen molar-refractivity contribution in [3.05, 3.63) is 64.4 Å². The molecule has 6 heteroatoms. The fraction of sp³-hybridized carbons (Fsp3) is 0.440. The van der Waals surface area contributed by atoms with Crippen molar-refractivity contribution in [3.8, 4) is 0 Å². The predicted molar refractivity (Wildman–Crippen MR) is 123 cm³/mol. The van der Waals surface area contributed by atoms with Gasteiger partial charge in [-0.25, -0.2) is 0 Å². The second-order valence-corrected chi connectivity index (χ2v) is 9.16. The standard InChI is InChI=1S/C25H32N4O2/c1-16(30)19-8-9-21-25(2,14-19)22(24(31)28-21)23(18-6-4-17(15-26)5-7-18)27-20-10-12-29(3)13-11-20/h4-9,20,27H,10-15,26H2,1-3H3,(H,28,31)/b23-22+. The fourth-order valence-electron chi connectivity index (χ4n) is 4.84. The Kier molecular flexibility index (Phi) is 5.86. The van der Waals surface area contributed by atoms with Crippen molar-refractivity contribution >= 4 is 17.4 Å². The molecule has 1 aliphatic carbocycles. The van der Waals surface area contributed by atoms with Crippen LogP contribution in [-0.4, -0.2) is 42.8 Å². The molecule has 6 nitrogen and oxygen atoms in total. The van der Waals surface area contributed by atoms with Crippen LogP contribution in [0, 0.1) is 5.41 Å². The Morgan fingerprint density at radius 2 is 1.90 bits per heavy atom. The second kappa shape index (κ2) is 8.44. The number of nitrogens with two attached hydrogens (primary N) is 1. The summed E-state index contributed by atoms with van der Waals surface area (Å²) in [6.45, 7) is 6.18. The molecule has 164 valence electrons. The lowest BCUT2D eigenvalue weighted by Gasteiger charge is -2.34. The van der Waals surface area contributed by atoms with E-state index < -0.39 is 5.41 Å². The highest BCUT2D eigenvalue weighted by atomic mass is 16.2. The molecule has 4 rings (SSSR count). The van der Waals surface area contributed by atoms with Gasteiger partial charge in [-0.15, -0.1) is 0 Å². The van der Waals surface area contributed by atoms with Crippen LogP contribution in [0.15, 0.2) is 53.3 Å². The van der Waals surface area contributed by atoms with E-state index in [9.17, 15) is 9.59 Å². The Morgan fingerprint density at radius 1 is 1.23 bits per heavy atom. The summed E-state index contributed by atoms with van der Waals surface area (Å²) < 4.78 is 0. The number of likely N-dealkylation sites (tertiary alicyclic amines) is 1. The minimum atomic E-state index is -0.562. The van der Waals surface area contributed by atoms with Gasteiger partial charge in [0.15, 0.2) is 5.78 Å². The van der Waals surface area contributed by atoms with Gasteiger partial charge in [-0.05, 0) is 76.0 Å². The average Bonchev–Trinajstić information content (AvgIpc) is 3.02. The highest BCUT2D eigenvalue weighted by molar-refractivity contribution is 6.08. The van der Waals surface area contributed by atoms with Crippen molar-refractivity contribution in [2.45, 2.75) is 45.7 Å². The number of piperidine rings is 1. The number of hydrogen-bond donors (Lipinski definition) is 3. The van der Waals surface area contributed by atoms with Crippen LogP contribution in [0.5, 0.6) is 0 Å². The molecule has 2 aliphatic heterocycles. The Morgan fingerprint density at radius 3 is 2.52 bits per heavy atom. The zero-order valence-corrected chi connectivity index (χ0v) is 18.6. The molecule has 3 aliphatic rings. The van der Waals surface area contributed by atoms with Crippen molar-refractivity contribution in [1.82, 2.24) is 15.5 Å². The first-order valence-corrected chi connectivity index (χ1v) is 11.0. The first-order chi connectivity index (χ1) is 14.8. The lowest BCUT2D eigenvalue weighted by Crippen LogP contribution is -2.41. The highest BCUT2D eigenvalue weighted by Crippen LogP contribution is 2.49. The van der Waals surface area contributed by atoms with Crippen molar-refractivity contribution in [2.75, 3.05) is 20.1 Å². The normalized spacial score (nSPS) is 26.0.